The van der Waals surface area contributed by atoms with Crippen LogP contribution in [-0.2, 0) is 0 Å². The van der Waals surface area contributed by atoms with Crippen LogP contribution in [0.2, 0.25) is 0 Å². The summed E-state index contributed by atoms with van der Waals surface area (Å²) in [4.78, 5) is 27.2. The van der Waals surface area contributed by atoms with Crippen LogP contribution < -0.4 is 10.2 Å². The fraction of sp³-hybridized carbons (Fsp3) is 0.500. The van der Waals surface area contributed by atoms with E-state index < -0.39 is 0 Å². The second-order valence-corrected chi connectivity index (χ2v) is 6.91. The number of imidazole rings is 1. The van der Waals surface area contributed by atoms with E-state index in [1.54, 1.807) is 18.7 Å². The molecule has 1 fully saturated rings. The maximum atomic E-state index is 12.4. The van der Waals surface area contributed by atoms with E-state index in [0.29, 0.717) is 17.2 Å². The Morgan fingerprint density at radius 3 is 2.88 bits per heavy atom. The molecule has 1 N–H and O–H groups in total. The third-order valence-corrected chi connectivity index (χ3v) is 4.67. The highest BCUT2D eigenvalue weighted by atomic mass is 16.2. The van der Waals surface area contributed by atoms with E-state index in [9.17, 15) is 4.79 Å². The number of rotatable bonds is 4. The van der Waals surface area contributed by atoms with E-state index >= 15 is 0 Å². The van der Waals surface area contributed by atoms with Crippen molar-refractivity contribution in [3.05, 3.63) is 36.3 Å². The summed E-state index contributed by atoms with van der Waals surface area (Å²) in [5.41, 5.74) is 0.757. The Kier molecular flexibility index (Phi) is 5.16. The van der Waals surface area contributed by atoms with Gasteiger partial charge in [0.2, 0.25) is 0 Å². The van der Waals surface area contributed by atoms with Gasteiger partial charge in [0.15, 0.2) is 5.69 Å². The standard InChI is InChI=1S/C18H23N7O/c1-12(2)24-10-16(21-11-24)18(26)23-14-4-5-25(13(3)6-14)17-9-20-8-15(7-19)22-17/h8-14H,4-6H2,1-3H3,(H,23,26). The van der Waals surface area contributed by atoms with E-state index in [2.05, 4.69) is 32.1 Å². The van der Waals surface area contributed by atoms with Crippen molar-refractivity contribution in [2.45, 2.75) is 51.7 Å². The van der Waals surface area contributed by atoms with Crippen LogP contribution >= 0.6 is 0 Å². The molecule has 2 atom stereocenters. The summed E-state index contributed by atoms with van der Waals surface area (Å²) in [5.74, 6) is 0.568. The molecule has 0 radical (unpaired) electrons. The van der Waals surface area contributed by atoms with Gasteiger partial charge in [-0.25, -0.2) is 9.97 Å². The van der Waals surface area contributed by atoms with Gasteiger partial charge < -0.3 is 14.8 Å². The summed E-state index contributed by atoms with van der Waals surface area (Å²) >= 11 is 0. The van der Waals surface area contributed by atoms with Gasteiger partial charge in [-0.15, -0.1) is 0 Å². The molecule has 26 heavy (non-hydrogen) atoms. The molecule has 0 saturated carbocycles. The lowest BCUT2D eigenvalue weighted by Crippen LogP contribution is -2.49. The lowest BCUT2D eigenvalue weighted by Gasteiger charge is -2.38. The van der Waals surface area contributed by atoms with E-state index in [-0.39, 0.29) is 24.0 Å². The van der Waals surface area contributed by atoms with Crippen LogP contribution in [0.25, 0.3) is 0 Å². The Hall–Kier alpha value is -2.95. The predicted octanol–water partition coefficient (Wildman–Crippen LogP) is 1.91. The summed E-state index contributed by atoms with van der Waals surface area (Å²) in [6, 6.07) is 2.57. The minimum absolute atomic E-state index is 0.0880. The predicted molar refractivity (Wildman–Crippen MR) is 96.7 cm³/mol. The zero-order valence-electron chi connectivity index (χ0n) is 15.3. The Labute approximate surface area is 152 Å². The Bertz CT molecular complexity index is 823. The van der Waals surface area contributed by atoms with Crippen LogP contribution in [-0.4, -0.2) is 44.1 Å². The number of aromatic nitrogens is 4. The van der Waals surface area contributed by atoms with Gasteiger partial charge in [-0.05, 0) is 33.6 Å². The first kappa shape index (κ1) is 17.9. The van der Waals surface area contributed by atoms with E-state index in [1.165, 1.54) is 6.20 Å². The van der Waals surface area contributed by atoms with Crippen molar-refractivity contribution in [2.75, 3.05) is 11.4 Å². The van der Waals surface area contributed by atoms with Crippen molar-refractivity contribution in [1.29, 1.82) is 5.26 Å². The molecule has 0 aliphatic carbocycles. The second kappa shape index (κ2) is 7.52. The zero-order chi connectivity index (χ0) is 18.7. The summed E-state index contributed by atoms with van der Waals surface area (Å²) in [6.07, 6.45) is 8.20. The Balaban J connectivity index is 1.61. The molecule has 2 aromatic rings. The van der Waals surface area contributed by atoms with Gasteiger partial charge in [-0.2, -0.15) is 5.26 Å². The average Bonchev–Trinajstić information content (AvgIpc) is 3.12. The highest BCUT2D eigenvalue weighted by molar-refractivity contribution is 5.92. The minimum atomic E-state index is -0.138. The monoisotopic (exact) mass is 353 g/mol. The molecular formula is C18H23N7O. The summed E-state index contributed by atoms with van der Waals surface area (Å²) < 4.78 is 1.92. The van der Waals surface area contributed by atoms with Crippen molar-refractivity contribution < 1.29 is 4.79 Å². The van der Waals surface area contributed by atoms with Gasteiger partial charge in [0.1, 0.15) is 17.6 Å². The van der Waals surface area contributed by atoms with Gasteiger partial charge in [-0.3, -0.25) is 9.78 Å². The molecular weight excluding hydrogens is 330 g/mol. The maximum Gasteiger partial charge on any atom is 0.271 e. The van der Waals surface area contributed by atoms with Crippen molar-refractivity contribution >= 4 is 11.7 Å². The number of carbonyl (C=O) groups excluding carboxylic acids is 1. The number of nitrogens with zero attached hydrogens (tertiary/aromatic N) is 6. The number of piperidine rings is 1. The van der Waals surface area contributed by atoms with E-state index in [1.807, 2.05) is 24.5 Å². The highest BCUT2D eigenvalue weighted by Gasteiger charge is 2.28. The highest BCUT2D eigenvalue weighted by Crippen LogP contribution is 2.23. The van der Waals surface area contributed by atoms with Gasteiger partial charge in [0.25, 0.3) is 5.91 Å². The SMILES string of the molecule is CC1CC(NC(=O)c2cn(C(C)C)cn2)CCN1c1cncc(C#N)n1. The first-order valence-corrected chi connectivity index (χ1v) is 8.81. The van der Waals surface area contributed by atoms with Crippen LogP contribution in [0.4, 0.5) is 5.82 Å². The number of carbonyl (C=O) groups is 1. The second-order valence-electron chi connectivity index (χ2n) is 6.91. The lowest BCUT2D eigenvalue weighted by molar-refractivity contribution is 0.0923. The van der Waals surface area contributed by atoms with Gasteiger partial charge in [-0.1, -0.05) is 0 Å². The minimum Gasteiger partial charge on any atom is -0.352 e. The van der Waals surface area contributed by atoms with Crippen molar-refractivity contribution in [3.8, 4) is 6.07 Å². The fourth-order valence-corrected chi connectivity index (χ4v) is 3.19. The number of anilines is 1. The van der Waals surface area contributed by atoms with Crippen LogP contribution in [0, 0.1) is 11.3 Å². The number of nitrogens with one attached hydrogen (secondary N) is 1. The molecule has 1 aliphatic heterocycles. The molecule has 0 aromatic carbocycles. The van der Waals surface area contributed by atoms with E-state index in [0.717, 1.165) is 19.4 Å². The van der Waals surface area contributed by atoms with Crippen molar-refractivity contribution in [3.63, 3.8) is 0 Å². The van der Waals surface area contributed by atoms with E-state index in [4.69, 9.17) is 5.26 Å². The first-order chi connectivity index (χ1) is 12.5. The topological polar surface area (TPSA) is 99.7 Å². The molecule has 0 bridgehead atoms. The third kappa shape index (κ3) is 3.82. The Morgan fingerprint density at radius 2 is 2.23 bits per heavy atom. The maximum absolute atomic E-state index is 12.4. The van der Waals surface area contributed by atoms with Crippen LogP contribution in [0.1, 0.15) is 55.8 Å². The first-order valence-electron chi connectivity index (χ1n) is 8.81. The van der Waals surface area contributed by atoms with Crippen LogP contribution in [0.3, 0.4) is 0 Å². The quantitative estimate of drug-likeness (QED) is 0.901. The number of amides is 1. The molecule has 1 aliphatic rings. The lowest BCUT2D eigenvalue weighted by atomic mass is 9.98. The van der Waals surface area contributed by atoms with Gasteiger partial charge >= 0.3 is 0 Å². The summed E-state index contributed by atoms with van der Waals surface area (Å²) in [7, 11) is 0. The third-order valence-electron chi connectivity index (χ3n) is 4.67. The molecule has 0 spiro atoms. The number of nitriles is 1. The Morgan fingerprint density at radius 1 is 1.42 bits per heavy atom. The number of hydrogen-bond acceptors (Lipinski definition) is 6. The molecule has 2 aromatic heterocycles. The largest absolute Gasteiger partial charge is 0.352 e. The average molecular weight is 353 g/mol. The molecule has 3 rings (SSSR count). The number of hydrogen-bond donors (Lipinski definition) is 1. The summed E-state index contributed by atoms with van der Waals surface area (Å²) in [6.45, 7) is 6.93. The molecule has 8 nitrogen and oxygen atoms in total. The zero-order valence-corrected chi connectivity index (χ0v) is 15.3. The summed E-state index contributed by atoms with van der Waals surface area (Å²) in [5, 5.41) is 12.1. The molecule has 2 unspecified atom stereocenters. The molecule has 8 heteroatoms. The van der Waals surface area contributed by atoms with Crippen molar-refractivity contribution in [1.82, 2.24) is 24.8 Å². The van der Waals surface area contributed by atoms with Gasteiger partial charge in [0.05, 0.1) is 18.7 Å². The smallest absolute Gasteiger partial charge is 0.271 e. The van der Waals surface area contributed by atoms with Crippen LogP contribution in [0.5, 0.6) is 0 Å². The van der Waals surface area contributed by atoms with Gasteiger partial charge in [0, 0.05) is 30.9 Å². The molecule has 1 saturated heterocycles. The fourth-order valence-electron chi connectivity index (χ4n) is 3.19. The van der Waals surface area contributed by atoms with Crippen molar-refractivity contribution in [2.24, 2.45) is 0 Å². The molecule has 3 heterocycles. The normalized spacial score (nSPS) is 20.0. The van der Waals surface area contributed by atoms with Crippen LogP contribution in [0.15, 0.2) is 24.9 Å². The molecule has 136 valence electrons. The molecule has 1 amide bonds.